The Morgan fingerprint density at radius 1 is 1.44 bits per heavy atom. The number of rotatable bonds is 2. The number of carbonyl (C=O) groups is 1. The van der Waals surface area contributed by atoms with E-state index in [1.54, 1.807) is 0 Å². The molecule has 0 spiro atoms. The Morgan fingerprint density at radius 2 is 2.11 bits per heavy atom. The van der Waals surface area contributed by atoms with E-state index in [9.17, 15) is 4.79 Å². The van der Waals surface area contributed by atoms with Crippen LogP contribution in [0.1, 0.15) is 40.9 Å². The maximum absolute atomic E-state index is 12.4. The van der Waals surface area contributed by atoms with Crippen molar-refractivity contribution in [1.29, 1.82) is 0 Å². The van der Waals surface area contributed by atoms with Gasteiger partial charge in [0.15, 0.2) is 0 Å². The van der Waals surface area contributed by atoms with Crippen LogP contribution in [0.5, 0.6) is 0 Å². The van der Waals surface area contributed by atoms with Crippen molar-refractivity contribution < 1.29 is 4.79 Å². The van der Waals surface area contributed by atoms with Gasteiger partial charge in [0, 0.05) is 17.9 Å². The first-order valence-electron chi connectivity index (χ1n) is 6.18. The lowest BCUT2D eigenvalue weighted by Crippen LogP contribution is -2.43. The van der Waals surface area contributed by atoms with E-state index in [2.05, 4.69) is 31.9 Å². The van der Waals surface area contributed by atoms with Crippen molar-refractivity contribution in [3.8, 4) is 0 Å². The molecule has 2 nitrogen and oxygen atoms in total. The molecule has 0 saturated heterocycles. The predicted molar refractivity (Wildman–Crippen MR) is 83.8 cm³/mol. The minimum atomic E-state index is 0.144. The number of nitrogens with zero attached hydrogens (tertiary/aromatic N) is 1. The number of aryl methyl sites for hydroxylation is 1. The number of halogens is 2. The van der Waals surface area contributed by atoms with Gasteiger partial charge in [-0.2, -0.15) is 0 Å². The molecule has 0 aromatic carbocycles. The Kier molecular flexibility index (Phi) is 4.89. The van der Waals surface area contributed by atoms with Gasteiger partial charge in [0.25, 0.3) is 5.91 Å². The molecule has 1 aliphatic carbocycles. The average molecular weight is 395 g/mol. The van der Waals surface area contributed by atoms with E-state index in [1.165, 1.54) is 24.2 Å². The Morgan fingerprint density at radius 3 is 2.67 bits per heavy atom. The van der Waals surface area contributed by atoms with Gasteiger partial charge in [-0.3, -0.25) is 4.79 Å². The number of thiophene rings is 1. The molecule has 1 aliphatic rings. The third kappa shape index (κ3) is 2.99. The zero-order valence-electron chi connectivity index (χ0n) is 10.6. The summed E-state index contributed by atoms with van der Waals surface area (Å²) in [6, 6.07) is 2.30. The van der Waals surface area contributed by atoms with Crippen molar-refractivity contribution in [3.05, 3.63) is 20.3 Å². The summed E-state index contributed by atoms with van der Waals surface area (Å²) in [5.74, 6) is 0.144. The fourth-order valence-electron chi connectivity index (χ4n) is 2.39. The highest BCUT2D eigenvalue weighted by Crippen LogP contribution is 2.32. The lowest BCUT2D eigenvalue weighted by Gasteiger charge is -2.35. The van der Waals surface area contributed by atoms with E-state index < -0.39 is 0 Å². The Bertz CT molecular complexity index is 427. The van der Waals surface area contributed by atoms with Gasteiger partial charge in [-0.05, 0) is 47.3 Å². The van der Waals surface area contributed by atoms with Gasteiger partial charge in [0.1, 0.15) is 0 Å². The van der Waals surface area contributed by atoms with Crippen molar-refractivity contribution in [2.75, 3.05) is 7.05 Å². The summed E-state index contributed by atoms with van der Waals surface area (Å²) in [7, 11) is 1.93. The zero-order chi connectivity index (χ0) is 13.3. The van der Waals surface area contributed by atoms with Gasteiger partial charge in [-0.25, -0.2) is 0 Å². The largest absolute Gasteiger partial charge is 0.337 e. The molecule has 1 fully saturated rings. The standard InChI is InChI=1S/C13H17Br2NOS/c1-8-7-11(18-12(8)15)13(17)16(2)10-6-4-3-5-9(10)14/h7,9-10H,3-6H2,1-2H3. The van der Waals surface area contributed by atoms with Crippen LogP contribution in [-0.4, -0.2) is 28.7 Å². The Balaban J connectivity index is 2.12. The lowest BCUT2D eigenvalue weighted by molar-refractivity contribution is 0.0709. The van der Waals surface area contributed by atoms with E-state index in [-0.39, 0.29) is 5.91 Å². The molecule has 1 aromatic heterocycles. The van der Waals surface area contributed by atoms with E-state index in [0.29, 0.717) is 10.9 Å². The minimum Gasteiger partial charge on any atom is -0.337 e. The van der Waals surface area contributed by atoms with Crippen molar-refractivity contribution >= 4 is 49.1 Å². The summed E-state index contributed by atoms with van der Waals surface area (Å²) < 4.78 is 1.05. The summed E-state index contributed by atoms with van der Waals surface area (Å²) in [6.45, 7) is 2.02. The molecule has 5 heteroatoms. The van der Waals surface area contributed by atoms with E-state index in [0.717, 1.165) is 27.1 Å². The average Bonchev–Trinajstić information content (AvgIpc) is 2.68. The Labute approximate surface area is 129 Å². The van der Waals surface area contributed by atoms with Crippen LogP contribution in [0.2, 0.25) is 0 Å². The molecule has 1 amide bonds. The molecule has 18 heavy (non-hydrogen) atoms. The second-order valence-corrected chi connectivity index (χ2v) is 8.40. The van der Waals surface area contributed by atoms with Crippen molar-refractivity contribution in [2.45, 2.75) is 43.5 Å². The van der Waals surface area contributed by atoms with Crippen molar-refractivity contribution in [2.24, 2.45) is 0 Å². The number of carbonyl (C=O) groups excluding carboxylic acids is 1. The molecule has 0 bridgehead atoms. The molecule has 2 rings (SSSR count). The molecule has 0 radical (unpaired) electrons. The van der Waals surface area contributed by atoms with E-state index >= 15 is 0 Å². The quantitative estimate of drug-likeness (QED) is 0.671. The highest BCUT2D eigenvalue weighted by molar-refractivity contribution is 9.11. The van der Waals surface area contributed by atoms with Crippen molar-refractivity contribution in [1.82, 2.24) is 4.90 Å². The van der Waals surface area contributed by atoms with Crippen LogP contribution in [0.4, 0.5) is 0 Å². The third-order valence-corrected chi connectivity index (χ3v) is 6.73. The highest BCUT2D eigenvalue weighted by atomic mass is 79.9. The van der Waals surface area contributed by atoms with Gasteiger partial charge in [0.05, 0.1) is 8.66 Å². The number of hydrogen-bond donors (Lipinski definition) is 0. The number of hydrogen-bond acceptors (Lipinski definition) is 2. The van der Waals surface area contributed by atoms with Crippen LogP contribution in [0.3, 0.4) is 0 Å². The number of alkyl halides is 1. The molecule has 1 heterocycles. The molecule has 0 aliphatic heterocycles. The normalized spacial score (nSPS) is 24.0. The van der Waals surface area contributed by atoms with Gasteiger partial charge < -0.3 is 4.90 Å². The number of amides is 1. The first-order valence-corrected chi connectivity index (χ1v) is 8.70. The van der Waals surface area contributed by atoms with Crippen molar-refractivity contribution in [3.63, 3.8) is 0 Å². The summed E-state index contributed by atoms with van der Waals surface area (Å²) in [4.78, 5) is 15.6. The second kappa shape index (κ2) is 6.06. The molecule has 0 N–H and O–H groups in total. The van der Waals surface area contributed by atoms with Crippen LogP contribution >= 0.6 is 43.2 Å². The zero-order valence-corrected chi connectivity index (χ0v) is 14.6. The maximum Gasteiger partial charge on any atom is 0.263 e. The van der Waals surface area contributed by atoms with E-state index in [4.69, 9.17) is 0 Å². The van der Waals surface area contributed by atoms with Gasteiger partial charge in [-0.15, -0.1) is 11.3 Å². The molecule has 100 valence electrons. The van der Waals surface area contributed by atoms with Crippen LogP contribution in [0, 0.1) is 6.92 Å². The second-order valence-electron chi connectivity index (χ2n) is 4.85. The summed E-state index contributed by atoms with van der Waals surface area (Å²) >= 11 is 8.72. The van der Waals surface area contributed by atoms with Gasteiger partial charge in [0.2, 0.25) is 0 Å². The molecule has 1 aromatic rings. The minimum absolute atomic E-state index is 0.144. The van der Waals surface area contributed by atoms with Crippen LogP contribution in [0.15, 0.2) is 9.85 Å². The molecule has 2 unspecified atom stereocenters. The fraction of sp³-hybridized carbons (Fsp3) is 0.615. The molecular formula is C13H17Br2NOS. The maximum atomic E-state index is 12.4. The summed E-state index contributed by atoms with van der Waals surface area (Å²) in [6.07, 6.45) is 4.74. The first kappa shape index (κ1) is 14.5. The first-order chi connectivity index (χ1) is 8.50. The third-order valence-electron chi connectivity index (χ3n) is 3.53. The van der Waals surface area contributed by atoms with E-state index in [1.807, 2.05) is 24.9 Å². The fourth-order valence-corrected chi connectivity index (χ4v) is 4.85. The summed E-state index contributed by atoms with van der Waals surface area (Å²) in [5, 5.41) is 0. The van der Waals surface area contributed by atoms with Crippen LogP contribution < -0.4 is 0 Å². The molecule has 1 saturated carbocycles. The topological polar surface area (TPSA) is 20.3 Å². The Hall–Kier alpha value is 0.130. The molecule has 2 atom stereocenters. The van der Waals surface area contributed by atoms with Crippen LogP contribution in [0.25, 0.3) is 0 Å². The van der Waals surface area contributed by atoms with Crippen LogP contribution in [-0.2, 0) is 0 Å². The molecular weight excluding hydrogens is 378 g/mol. The lowest BCUT2D eigenvalue weighted by atomic mass is 9.94. The summed E-state index contributed by atoms with van der Waals surface area (Å²) in [5.41, 5.74) is 1.13. The monoisotopic (exact) mass is 393 g/mol. The highest BCUT2D eigenvalue weighted by Gasteiger charge is 2.30. The smallest absolute Gasteiger partial charge is 0.263 e. The SMILES string of the molecule is Cc1cc(C(=O)N(C)C2CCCCC2Br)sc1Br. The van der Waals surface area contributed by atoms with Gasteiger partial charge >= 0.3 is 0 Å². The van der Waals surface area contributed by atoms with Gasteiger partial charge in [-0.1, -0.05) is 28.8 Å². The predicted octanol–water partition coefficient (Wildman–Crippen LogP) is 4.60.